The Balaban J connectivity index is 2.00. The average Bonchev–Trinajstić information content (AvgIpc) is 2.40. The van der Waals surface area contributed by atoms with Crippen LogP contribution < -0.4 is 10.1 Å². The van der Waals surface area contributed by atoms with Crippen LogP contribution >= 0.6 is 0 Å². The SMILES string of the molecule is COCCNCC1(Cc2cc(C)ccc2OC)CCC1. The molecule has 0 saturated heterocycles. The molecule has 1 aliphatic rings. The summed E-state index contributed by atoms with van der Waals surface area (Å²) in [4.78, 5) is 0. The summed E-state index contributed by atoms with van der Waals surface area (Å²) in [5.41, 5.74) is 3.07. The van der Waals surface area contributed by atoms with E-state index >= 15 is 0 Å². The summed E-state index contributed by atoms with van der Waals surface area (Å²) in [6, 6.07) is 6.48. The molecule has 0 unspecified atom stereocenters. The first-order chi connectivity index (χ1) is 9.69. The monoisotopic (exact) mass is 277 g/mol. The Labute approximate surface area is 122 Å². The first-order valence-corrected chi connectivity index (χ1v) is 7.52. The molecule has 1 fully saturated rings. The highest BCUT2D eigenvalue weighted by molar-refractivity contribution is 5.38. The fourth-order valence-corrected chi connectivity index (χ4v) is 3.07. The Hall–Kier alpha value is -1.06. The summed E-state index contributed by atoms with van der Waals surface area (Å²) in [5, 5.41) is 3.54. The van der Waals surface area contributed by atoms with Crippen LogP contribution in [-0.2, 0) is 11.2 Å². The fraction of sp³-hybridized carbons (Fsp3) is 0.647. The number of benzene rings is 1. The second-order valence-corrected chi connectivity index (χ2v) is 6.02. The quantitative estimate of drug-likeness (QED) is 0.741. The third kappa shape index (κ3) is 3.74. The molecule has 0 bridgehead atoms. The Morgan fingerprint density at radius 2 is 2.05 bits per heavy atom. The molecule has 1 N–H and O–H groups in total. The summed E-state index contributed by atoms with van der Waals surface area (Å²) < 4.78 is 10.6. The second kappa shape index (κ2) is 7.09. The number of hydrogen-bond acceptors (Lipinski definition) is 3. The lowest BCUT2D eigenvalue weighted by Crippen LogP contribution is -2.42. The van der Waals surface area contributed by atoms with E-state index in [-0.39, 0.29) is 0 Å². The Bertz CT molecular complexity index is 427. The van der Waals surface area contributed by atoms with Crippen LogP contribution in [0.5, 0.6) is 5.75 Å². The van der Waals surface area contributed by atoms with Gasteiger partial charge in [0.05, 0.1) is 13.7 Å². The van der Waals surface area contributed by atoms with Gasteiger partial charge in [0.15, 0.2) is 0 Å². The third-order valence-corrected chi connectivity index (χ3v) is 4.40. The Morgan fingerprint density at radius 3 is 2.65 bits per heavy atom. The van der Waals surface area contributed by atoms with E-state index in [4.69, 9.17) is 9.47 Å². The van der Waals surface area contributed by atoms with Crippen molar-refractivity contribution in [3.63, 3.8) is 0 Å². The summed E-state index contributed by atoms with van der Waals surface area (Å²) in [5.74, 6) is 1.03. The molecular formula is C17H27NO2. The predicted octanol–water partition coefficient (Wildman–Crippen LogP) is 2.95. The minimum absolute atomic E-state index is 0.412. The van der Waals surface area contributed by atoms with Crippen LogP contribution in [0.1, 0.15) is 30.4 Å². The van der Waals surface area contributed by atoms with Crippen LogP contribution in [0.2, 0.25) is 0 Å². The zero-order chi connectivity index (χ0) is 14.4. The number of ether oxygens (including phenoxy) is 2. The molecule has 0 heterocycles. The van der Waals surface area contributed by atoms with Crippen molar-refractivity contribution in [2.75, 3.05) is 33.9 Å². The standard InChI is InChI=1S/C17H27NO2/c1-14-5-6-16(20-3)15(11-14)12-17(7-4-8-17)13-18-9-10-19-2/h5-6,11,18H,4,7-10,12-13H2,1-3H3. The van der Waals surface area contributed by atoms with Gasteiger partial charge in [0.2, 0.25) is 0 Å². The van der Waals surface area contributed by atoms with Crippen LogP contribution in [0.4, 0.5) is 0 Å². The van der Waals surface area contributed by atoms with Crippen LogP contribution in [0.15, 0.2) is 18.2 Å². The van der Waals surface area contributed by atoms with Gasteiger partial charge in [0, 0.05) is 20.2 Å². The van der Waals surface area contributed by atoms with Gasteiger partial charge in [-0.3, -0.25) is 0 Å². The lowest BCUT2D eigenvalue weighted by molar-refractivity contribution is 0.122. The van der Waals surface area contributed by atoms with E-state index in [0.29, 0.717) is 5.41 Å². The maximum absolute atomic E-state index is 5.52. The van der Waals surface area contributed by atoms with Crippen LogP contribution in [0.3, 0.4) is 0 Å². The number of nitrogens with one attached hydrogen (secondary N) is 1. The molecule has 0 aromatic heterocycles. The number of rotatable bonds is 8. The molecular weight excluding hydrogens is 250 g/mol. The van der Waals surface area contributed by atoms with Gasteiger partial charge in [-0.25, -0.2) is 0 Å². The summed E-state index contributed by atoms with van der Waals surface area (Å²) >= 11 is 0. The molecule has 1 aromatic carbocycles. The lowest BCUT2D eigenvalue weighted by Gasteiger charge is -2.42. The first kappa shape index (κ1) is 15.3. The van der Waals surface area contributed by atoms with Crippen LogP contribution in [0, 0.1) is 12.3 Å². The molecule has 0 atom stereocenters. The van der Waals surface area contributed by atoms with E-state index in [1.54, 1.807) is 14.2 Å². The van der Waals surface area contributed by atoms with E-state index in [1.807, 2.05) is 0 Å². The fourth-order valence-electron chi connectivity index (χ4n) is 3.07. The van der Waals surface area contributed by atoms with E-state index in [1.165, 1.54) is 30.4 Å². The molecule has 0 spiro atoms. The lowest BCUT2D eigenvalue weighted by atomic mass is 9.65. The molecule has 0 amide bonds. The van der Waals surface area contributed by atoms with E-state index in [0.717, 1.165) is 31.9 Å². The molecule has 1 aliphatic carbocycles. The van der Waals surface area contributed by atoms with Crippen molar-refractivity contribution in [1.29, 1.82) is 0 Å². The van der Waals surface area contributed by atoms with Gasteiger partial charge in [0.25, 0.3) is 0 Å². The van der Waals surface area contributed by atoms with E-state index in [2.05, 4.69) is 30.4 Å². The molecule has 2 rings (SSSR count). The highest BCUT2D eigenvalue weighted by Gasteiger charge is 2.37. The smallest absolute Gasteiger partial charge is 0.122 e. The van der Waals surface area contributed by atoms with Gasteiger partial charge in [-0.05, 0) is 43.2 Å². The highest BCUT2D eigenvalue weighted by atomic mass is 16.5. The largest absolute Gasteiger partial charge is 0.496 e. The number of aryl methyl sites for hydroxylation is 1. The van der Waals surface area contributed by atoms with Crippen LogP contribution in [-0.4, -0.2) is 33.9 Å². The van der Waals surface area contributed by atoms with Crippen molar-refractivity contribution in [3.8, 4) is 5.75 Å². The van der Waals surface area contributed by atoms with Crippen molar-refractivity contribution in [2.45, 2.75) is 32.6 Å². The number of methoxy groups -OCH3 is 2. The van der Waals surface area contributed by atoms with Gasteiger partial charge >= 0.3 is 0 Å². The molecule has 1 aromatic rings. The van der Waals surface area contributed by atoms with Crippen molar-refractivity contribution in [2.24, 2.45) is 5.41 Å². The summed E-state index contributed by atoms with van der Waals surface area (Å²) in [6.07, 6.45) is 5.08. The van der Waals surface area contributed by atoms with Crippen molar-refractivity contribution in [3.05, 3.63) is 29.3 Å². The topological polar surface area (TPSA) is 30.5 Å². The zero-order valence-electron chi connectivity index (χ0n) is 13.0. The zero-order valence-corrected chi connectivity index (χ0v) is 13.0. The maximum atomic E-state index is 5.52. The minimum Gasteiger partial charge on any atom is -0.496 e. The second-order valence-electron chi connectivity index (χ2n) is 6.02. The highest BCUT2D eigenvalue weighted by Crippen LogP contribution is 2.44. The van der Waals surface area contributed by atoms with Gasteiger partial charge < -0.3 is 14.8 Å². The average molecular weight is 277 g/mol. The Morgan fingerprint density at radius 1 is 1.25 bits per heavy atom. The number of hydrogen-bond donors (Lipinski definition) is 1. The van der Waals surface area contributed by atoms with Gasteiger partial charge in [0.1, 0.15) is 5.75 Å². The third-order valence-electron chi connectivity index (χ3n) is 4.40. The molecule has 3 heteroatoms. The maximum Gasteiger partial charge on any atom is 0.122 e. The first-order valence-electron chi connectivity index (χ1n) is 7.52. The minimum atomic E-state index is 0.412. The molecule has 1 saturated carbocycles. The summed E-state index contributed by atoms with van der Waals surface area (Å²) in [6.45, 7) is 4.94. The van der Waals surface area contributed by atoms with E-state index in [9.17, 15) is 0 Å². The van der Waals surface area contributed by atoms with Crippen LogP contribution in [0.25, 0.3) is 0 Å². The molecule has 3 nitrogen and oxygen atoms in total. The predicted molar refractivity (Wildman–Crippen MR) is 82.5 cm³/mol. The molecule has 0 radical (unpaired) electrons. The van der Waals surface area contributed by atoms with Crippen molar-refractivity contribution < 1.29 is 9.47 Å². The van der Waals surface area contributed by atoms with Crippen molar-refractivity contribution >= 4 is 0 Å². The van der Waals surface area contributed by atoms with Gasteiger partial charge in [-0.15, -0.1) is 0 Å². The molecule has 0 aliphatic heterocycles. The van der Waals surface area contributed by atoms with Gasteiger partial charge in [-0.1, -0.05) is 24.1 Å². The normalized spacial score (nSPS) is 16.8. The van der Waals surface area contributed by atoms with E-state index < -0.39 is 0 Å². The molecule has 112 valence electrons. The van der Waals surface area contributed by atoms with Gasteiger partial charge in [-0.2, -0.15) is 0 Å². The summed E-state index contributed by atoms with van der Waals surface area (Å²) in [7, 11) is 3.51. The Kier molecular flexibility index (Phi) is 5.44. The van der Waals surface area contributed by atoms with Crippen molar-refractivity contribution in [1.82, 2.24) is 5.32 Å². The molecule has 20 heavy (non-hydrogen) atoms.